The van der Waals surface area contributed by atoms with Crippen LogP contribution in [-0.2, 0) is 0 Å². The Labute approximate surface area is 68.8 Å². The Hall–Kier alpha value is -0.120. The number of hydrogen-bond donors (Lipinski definition) is 3. The molecule has 0 aromatic carbocycles. The summed E-state index contributed by atoms with van der Waals surface area (Å²) in [4.78, 5) is 0. The van der Waals surface area contributed by atoms with E-state index in [4.69, 9.17) is 11.5 Å². The van der Waals surface area contributed by atoms with Crippen molar-refractivity contribution in [1.29, 1.82) is 0 Å². The van der Waals surface area contributed by atoms with Gasteiger partial charge in [0, 0.05) is 12.6 Å². The third-order valence-electron chi connectivity index (χ3n) is 1.97. The van der Waals surface area contributed by atoms with Gasteiger partial charge in [0.05, 0.1) is 5.60 Å². The molecule has 0 radical (unpaired) electrons. The highest BCUT2D eigenvalue weighted by atomic mass is 16.3. The van der Waals surface area contributed by atoms with E-state index in [1.165, 1.54) is 0 Å². The van der Waals surface area contributed by atoms with Gasteiger partial charge in [-0.1, -0.05) is 13.8 Å². The smallest absolute Gasteiger partial charge is 0.0756 e. The Morgan fingerprint density at radius 3 is 2.18 bits per heavy atom. The maximum Gasteiger partial charge on any atom is 0.0756 e. The van der Waals surface area contributed by atoms with Crippen molar-refractivity contribution < 1.29 is 5.11 Å². The lowest BCUT2D eigenvalue weighted by atomic mass is 9.91. The first-order chi connectivity index (χ1) is 4.89. The molecule has 68 valence electrons. The van der Waals surface area contributed by atoms with Gasteiger partial charge in [-0.15, -0.1) is 0 Å². The lowest BCUT2D eigenvalue weighted by Gasteiger charge is -2.26. The number of rotatable bonds is 4. The summed E-state index contributed by atoms with van der Waals surface area (Å²) >= 11 is 0. The zero-order valence-electron chi connectivity index (χ0n) is 7.67. The zero-order valence-corrected chi connectivity index (χ0v) is 7.67. The predicted octanol–water partition coefficient (Wildman–Crippen LogP) is 0.0695. The highest BCUT2D eigenvalue weighted by molar-refractivity contribution is 4.80. The standard InChI is InChI=1S/C8H20N2O/c1-6(2)7(10)4-8(3,11)5-9/h6-7,11H,4-5,9-10H2,1-3H3. The van der Waals surface area contributed by atoms with Crippen molar-refractivity contribution in [3.8, 4) is 0 Å². The summed E-state index contributed by atoms with van der Waals surface area (Å²) < 4.78 is 0. The molecule has 2 atom stereocenters. The lowest BCUT2D eigenvalue weighted by Crippen LogP contribution is -2.42. The molecule has 0 saturated carbocycles. The molecule has 5 N–H and O–H groups in total. The van der Waals surface area contributed by atoms with Crippen LogP contribution in [0.25, 0.3) is 0 Å². The molecule has 0 heterocycles. The lowest BCUT2D eigenvalue weighted by molar-refractivity contribution is 0.0481. The number of nitrogens with two attached hydrogens (primary N) is 2. The summed E-state index contributed by atoms with van der Waals surface area (Å²) in [5.41, 5.74) is 10.3. The zero-order chi connectivity index (χ0) is 9.07. The predicted molar refractivity (Wildman–Crippen MR) is 47.1 cm³/mol. The van der Waals surface area contributed by atoms with Gasteiger partial charge in [-0.25, -0.2) is 0 Å². The van der Waals surface area contributed by atoms with Gasteiger partial charge >= 0.3 is 0 Å². The minimum Gasteiger partial charge on any atom is -0.389 e. The summed E-state index contributed by atoms with van der Waals surface area (Å²) in [7, 11) is 0. The highest BCUT2D eigenvalue weighted by Crippen LogP contribution is 2.13. The van der Waals surface area contributed by atoms with Gasteiger partial charge in [0.1, 0.15) is 0 Å². The first kappa shape index (κ1) is 10.9. The average Bonchev–Trinajstić information content (AvgIpc) is 1.87. The van der Waals surface area contributed by atoms with Gasteiger partial charge in [-0.2, -0.15) is 0 Å². The topological polar surface area (TPSA) is 72.3 Å². The van der Waals surface area contributed by atoms with Gasteiger partial charge in [-0.05, 0) is 19.3 Å². The first-order valence-electron chi connectivity index (χ1n) is 4.07. The van der Waals surface area contributed by atoms with Crippen molar-refractivity contribution in [1.82, 2.24) is 0 Å². The van der Waals surface area contributed by atoms with Crippen LogP contribution in [0.2, 0.25) is 0 Å². The molecular formula is C8H20N2O. The Bertz CT molecular complexity index is 113. The Kier molecular flexibility index (Phi) is 4.00. The fraction of sp³-hybridized carbons (Fsp3) is 1.00. The summed E-state index contributed by atoms with van der Waals surface area (Å²) in [6.07, 6.45) is 0.571. The molecule has 0 rings (SSSR count). The summed E-state index contributed by atoms with van der Waals surface area (Å²) in [5, 5.41) is 9.54. The third kappa shape index (κ3) is 4.35. The van der Waals surface area contributed by atoms with E-state index in [9.17, 15) is 5.11 Å². The third-order valence-corrected chi connectivity index (χ3v) is 1.97. The van der Waals surface area contributed by atoms with E-state index in [2.05, 4.69) is 0 Å². The minimum atomic E-state index is -0.802. The van der Waals surface area contributed by atoms with Crippen LogP contribution in [0.4, 0.5) is 0 Å². The molecule has 2 unspecified atom stereocenters. The quantitative estimate of drug-likeness (QED) is 0.545. The van der Waals surface area contributed by atoms with E-state index in [1.54, 1.807) is 6.92 Å². The molecule has 0 aromatic heterocycles. The molecule has 0 saturated heterocycles. The molecule has 0 spiro atoms. The van der Waals surface area contributed by atoms with Crippen molar-refractivity contribution in [3.63, 3.8) is 0 Å². The SMILES string of the molecule is CC(C)C(N)CC(C)(O)CN. The van der Waals surface area contributed by atoms with Crippen molar-refractivity contribution in [2.75, 3.05) is 6.54 Å². The molecule has 3 nitrogen and oxygen atoms in total. The summed E-state index contributed by atoms with van der Waals surface area (Å²) in [6.45, 7) is 6.07. The van der Waals surface area contributed by atoms with Crippen LogP contribution in [0.15, 0.2) is 0 Å². The van der Waals surface area contributed by atoms with Gasteiger partial charge in [-0.3, -0.25) is 0 Å². The van der Waals surface area contributed by atoms with E-state index in [0.717, 1.165) is 0 Å². The van der Waals surface area contributed by atoms with Crippen LogP contribution in [-0.4, -0.2) is 23.3 Å². The number of hydrogen-bond acceptors (Lipinski definition) is 3. The second-order valence-electron chi connectivity index (χ2n) is 3.81. The Balaban J connectivity index is 3.83. The molecule has 11 heavy (non-hydrogen) atoms. The van der Waals surface area contributed by atoms with Crippen LogP contribution in [0.5, 0.6) is 0 Å². The molecular weight excluding hydrogens is 140 g/mol. The molecule has 0 aliphatic carbocycles. The Morgan fingerprint density at radius 2 is 1.91 bits per heavy atom. The molecule has 0 aliphatic heterocycles. The van der Waals surface area contributed by atoms with Gasteiger partial charge in [0.25, 0.3) is 0 Å². The monoisotopic (exact) mass is 160 g/mol. The van der Waals surface area contributed by atoms with E-state index < -0.39 is 5.60 Å². The fourth-order valence-corrected chi connectivity index (χ4v) is 0.827. The Morgan fingerprint density at radius 1 is 1.45 bits per heavy atom. The maximum atomic E-state index is 9.54. The second-order valence-corrected chi connectivity index (χ2v) is 3.81. The molecule has 0 bridgehead atoms. The van der Waals surface area contributed by atoms with Gasteiger partial charge in [0.15, 0.2) is 0 Å². The van der Waals surface area contributed by atoms with Crippen molar-refractivity contribution >= 4 is 0 Å². The average molecular weight is 160 g/mol. The fourth-order valence-electron chi connectivity index (χ4n) is 0.827. The maximum absolute atomic E-state index is 9.54. The number of aliphatic hydroxyl groups is 1. The molecule has 3 heteroatoms. The molecule has 0 aliphatic rings. The van der Waals surface area contributed by atoms with Crippen molar-refractivity contribution in [2.45, 2.75) is 38.8 Å². The van der Waals surface area contributed by atoms with Crippen LogP contribution in [0, 0.1) is 5.92 Å². The van der Waals surface area contributed by atoms with Gasteiger partial charge in [0.2, 0.25) is 0 Å². The van der Waals surface area contributed by atoms with Crippen molar-refractivity contribution in [2.24, 2.45) is 17.4 Å². The van der Waals surface area contributed by atoms with E-state index in [0.29, 0.717) is 12.3 Å². The normalized spacial score (nSPS) is 19.9. The van der Waals surface area contributed by atoms with Crippen LogP contribution in [0.3, 0.4) is 0 Å². The van der Waals surface area contributed by atoms with Crippen molar-refractivity contribution in [3.05, 3.63) is 0 Å². The van der Waals surface area contributed by atoms with Crippen LogP contribution < -0.4 is 11.5 Å². The summed E-state index contributed by atoms with van der Waals surface area (Å²) in [6, 6.07) is 0.0357. The van der Waals surface area contributed by atoms with Crippen LogP contribution in [0.1, 0.15) is 27.2 Å². The second kappa shape index (κ2) is 4.04. The minimum absolute atomic E-state index is 0.0357. The van der Waals surface area contributed by atoms with Gasteiger partial charge < -0.3 is 16.6 Å². The molecule has 0 amide bonds. The summed E-state index contributed by atoms with van der Waals surface area (Å²) in [5.74, 6) is 0.396. The van der Waals surface area contributed by atoms with E-state index >= 15 is 0 Å². The van der Waals surface area contributed by atoms with E-state index in [-0.39, 0.29) is 12.6 Å². The molecule has 0 aromatic rings. The van der Waals surface area contributed by atoms with Crippen LogP contribution >= 0.6 is 0 Å². The molecule has 0 fully saturated rings. The van der Waals surface area contributed by atoms with E-state index in [1.807, 2.05) is 13.8 Å². The highest BCUT2D eigenvalue weighted by Gasteiger charge is 2.23. The largest absolute Gasteiger partial charge is 0.389 e. The first-order valence-corrected chi connectivity index (χ1v) is 4.07.